The zero-order chi connectivity index (χ0) is 14.4. The van der Waals surface area contributed by atoms with Crippen LogP contribution < -0.4 is 5.32 Å². The van der Waals surface area contributed by atoms with Crippen molar-refractivity contribution >= 4 is 11.6 Å². The van der Waals surface area contributed by atoms with E-state index in [0.717, 1.165) is 24.1 Å². The van der Waals surface area contributed by atoms with Crippen molar-refractivity contribution in [3.8, 4) is 0 Å². The summed E-state index contributed by atoms with van der Waals surface area (Å²) in [6.07, 6.45) is 2.16. The number of rotatable bonds is 2. The van der Waals surface area contributed by atoms with E-state index < -0.39 is 0 Å². The van der Waals surface area contributed by atoms with Gasteiger partial charge in [-0.05, 0) is 43.0 Å². The average Bonchev–Trinajstić information content (AvgIpc) is 3.32. The molecule has 0 radical (unpaired) electrons. The molecule has 0 bridgehead atoms. The highest BCUT2D eigenvalue weighted by molar-refractivity contribution is 6.02. The number of hydrogen-bond acceptors (Lipinski definition) is 2. The summed E-state index contributed by atoms with van der Waals surface area (Å²) in [6, 6.07) is 16.5. The third-order valence-electron chi connectivity index (χ3n) is 4.39. The first-order valence-corrected chi connectivity index (χ1v) is 7.49. The summed E-state index contributed by atoms with van der Waals surface area (Å²) in [6.45, 7) is 2.10. The number of carbonyl (C=O) groups excluding carboxylic acids is 1. The molecule has 1 atom stereocenters. The van der Waals surface area contributed by atoms with E-state index in [9.17, 15) is 4.79 Å². The molecule has 2 aromatic rings. The number of nitrogens with one attached hydrogen (secondary N) is 1. The maximum atomic E-state index is 12.9. The summed E-state index contributed by atoms with van der Waals surface area (Å²) < 4.78 is 0. The van der Waals surface area contributed by atoms with Gasteiger partial charge in [0.1, 0.15) is 6.17 Å². The van der Waals surface area contributed by atoms with E-state index in [-0.39, 0.29) is 12.1 Å². The van der Waals surface area contributed by atoms with Crippen molar-refractivity contribution in [3.63, 3.8) is 0 Å². The molecule has 3 nitrogen and oxygen atoms in total. The number of hydrogen-bond donors (Lipinski definition) is 1. The standard InChI is InChI=1S/C18H18N2O/c1-12-6-2-3-7-14(12)17-19-16-9-5-4-8-15(16)18(21)20(17)13-10-11-13/h2-9,13,17,19H,10-11H2,1H3. The number of nitrogens with zero attached hydrogens (tertiary/aromatic N) is 1. The molecule has 1 N–H and O–H groups in total. The van der Waals surface area contributed by atoms with Crippen LogP contribution in [0.5, 0.6) is 0 Å². The number of amides is 1. The van der Waals surface area contributed by atoms with Crippen LogP contribution in [0.4, 0.5) is 5.69 Å². The van der Waals surface area contributed by atoms with Gasteiger partial charge in [-0.3, -0.25) is 4.79 Å². The molecular weight excluding hydrogens is 260 g/mol. The minimum Gasteiger partial charge on any atom is -0.361 e. The highest BCUT2D eigenvalue weighted by Crippen LogP contribution is 2.41. The smallest absolute Gasteiger partial charge is 0.258 e. The van der Waals surface area contributed by atoms with Crippen LogP contribution >= 0.6 is 0 Å². The molecule has 0 spiro atoms. The summed E-state index contributed by atoms with van der Waals surface area (Å²) >= 11 is 0. The first kappa shape index (κ1) is 12.5. The lowest BCUT2D eigenvalue weighted by Crippen LogP contribution is -2.44. The molecule has 1 saturated carbocycles. The van der Waals surface area contributed by atoms with Crippen molar-refractivity contribution in [2.24, 2.45) is 0 Å². The van der Waals surface area contributed by atoms with Crippen LogP contribution in [0.15, 0.2) is 48.5 Å². The van der Waals surface area contributed by atoms with E-state index in [1.807, 2.05) is 41.3 Å². The zero-order valence-corrected chi connectivity index (χ0v) is 12.0. The van der Waals surface area contributed by atoms with Gasteiger partial charge in [-0.1, -0.05) is 36.4 Å². The normalized spacial score (nSPS) is 20.9. The number of fused-ring (bicyclic) bond motifs is 1. The molecule has 1 fully saturated rings. The summed E-state index contributed by atoms with van der Waals surface area (Å²) in [4.78, 5) is 14.9. The first-order valence-electron chi connectivity index (χ1n) is 7.49. The van der Waals surface area contributed by atoms with E-state index in [0.29, 0.717) is 6.04 Å². The van der Waals surface area contributed by atoms with Gasteiger partial charge in [-0.15, -0.1) is 0 Å². The second-order valence-electron chi connectivity index (χ2n) is 5.89. The molecule has 2 aromatic carbocycles. The van der Waals surface area contributed by atoms with Crippen molar-refractivity contribution in [1.82, 2.24) is 4.90 Å². The maximum absolute atomic E-state index is 12.9. The Kier molecular flexibility index (Phi) is 2.74. The van der Waals surface area contributed by atoms with Crippen LogP contribution in [0.3, 0.4) is 0 Å². The molecule has 106 valence electrons. The molecule has 0 saturated heterocycles. The number of benzene rings is 2. The fourth-order valence-corrected chi connectivity index (χ4v) is 3.12. The van der Waals surface area contributed by atoms with Gasteiger partial charge in [0.05, 0.1) is 5.56 Å². The van der Waals surface area contributed by atoms with Gasteiger partial charge >= 0.3 is 0 Å². The van der Waals surface area contributed by atoms with Gasteiger partial charge in [-0.2, -0.15) is 0 Å². The average molecular weight is 278 g/mol. The lowest BCUT2D eigenvalue weighted by molar-refractivity contribution is 0.0666. The molecule has 1 heterocycles. The predicted octanol–water partition coefficient (Wildman–Crippen LogP) is 3.72. The van der Waals surface area contributed by atoms with Gasteiger partial charge in [0.2, 0.25) is 0 Å². The molecule has 1 unspecified atom stereocenters. The van der Waals surface area contributed by atoms with E-state index in [2.05, 4.69) is 24.4 Å². The third kappa shape index (κ3) is 2.00. The summed E-state index contributed by atoms with van der Waals surface area (Å²) in [5.74, 6) is 0.153. The molecule has 1 aliphatic carbocycles. The predicted molar refractivity (Wildman–Crippen MR) is 83.2 cm³/mol. The van der Waals surface area contributed by atoms with E-state index in [1.54, 1.807) is 0 Å². The van der Waals surface area contributed by atoms with Crippen LogP contribution in [0, 0.1) is 6.92 Å². The Bertz CT molecular complexity index is 706. The van der Waals surface area contributed by atoms with Crippen molar-refractivity contribution in [2.75, 3.05) is 5.32 Å². The SMILES string of the molecule is Cc1ccccc1C1Nc2ccccc2C(=O)N1C1CC1. The summed E-state index contributed by atoms with van der Waals surface area (Å²) in [5.41, 5.74) is 4.13. The van der Waals surface area contributed by atoms with Gasteiger partial charge in [-0.25, -0.2) is 0 Å². The minimum atomic E-state index is -0.0545. The Morgan fingerprint density at radius 2 is 1.76 bits per heavy atom. The van der Waals surface area contributed by atoms with Gasteiger partial charge in [0.15, 0.2) is 0 Å². The molecule has 0 aromatic heterocycles. The summed E-state index contributed by atoms with van der Waals surface area (Å²) in [7, 11) is 0. The third-order valence-corrected chi connectivity index (χ3v) is 4.39. The molecular formula is C18H18N2O. The largest absolute Gasteiger partial charge is 0.361 e. The molecule has 2 aliphatic rings. The highest BCUT2D eigenvalue weighted by atomic mass is 16.2. The summed E-state index contributed by atoms with van der Waals surface area (Å²) in [5, 5.41) is 3.56. The van der Waals surface area contributed by atoms with Gasteiger partial charge in [0, 0.05) is 11.7 Å². The molecule has 1 aliphatic heterocycles. The Labute approximate surface area is 124 Å². The Morgan fingerprint density at radius 1 is 1.05 bits per heavy atom. The van der Waals surface area contributed by atoms with Crippen molar-refractivity contribution in [2.45, 2.75) is 32.0 Å². The van der Waals surface area contributed by atoms with Crippen LogP contribution in [0.25, 0.3) is 0 Å². The van der Waals surface area contributed by atoms with Crippen LogP contribution in [0.2, 0.25) is 0 Å². The van der Waals surface area contributed by atoms with Crippen molar-refractivity contribution < 1.29 is 4.79 Å². The zero-order valence-electron chi connectivity index (χ0n) is 12.0. The highest BCUT2D eigenvalue weighted by Gasteiger charge is 2.42. The second-order valence-corrected chi connectivity index (χ2v) is 5.89. The maximum Gasteiger partial charge on any atom is 0.258 e. The molecule has 1 amide bonds. The fraction of sp³-hybridized carbons (Fsp3) is 0.278. The van der Waals surface area contributed by atoms with E-state index >= 15 is 0 Å². The van der Waals surface area contributed by atoms with Crippen LogP contribution in [-0.4, -0.2) is 16.8 Å². The van der Waals surface area contributed by atoms with E-state index in [4.69, 9.17) is 0 Å². The van der Waals surface area contributed by atoms with Crippen LogP contribution in [-0.2, 0) is 0 Å². The van der Waals surface area contributed by atoms with Crippen LogP contribution in [0.1, 0.15) is 40.5 Å². The lowest BCUT2D eigenvalue weighted by Gasteiger charge is -2.39. The number of carbonyl (C=O) groups is 1. The quantitative estimate of drug-likeness (QED) is 0.908. The number of aryl methyl sites for hydroxylation is 1. The number of anilines is 1. The van der Waals surface area contributed by atoms with E-state index in [1.165, 1.54) is 11.1 Å². The molecule has 4 rings (SSSR count). The second kappa shape index (κ2) is 4.62. The van der Waals surface area contributed by atoms with Crippen molar-refractivity contribution in [3.05, 3.63) is 65.2 Å². The fourth-order valence-electron chi connectivity index (χ4n) is 3.12. The molecule has 3 heteroatoms. The molecule has 21 heavy (non-hydrogen) atoms. The number of para-hydroxylation sites is 1. The van der Waals surface area contributed by atoms with Gasteiger partial charge < -0.3 is 10.2 Å². The minimum absolute atomic E-state index is 0.0545. The first-order chi connectivity index (χ1) is 10.3. The monoisotopic (exact) mass is 278 g/mol. The van der Waals surface area contributed by atoms with Gasteiger partial charge in [0.25, 0.3) is 5.91 Å². The Morgan fingerprint density at radius 3 is 2.52 bits per heavy atom. The lowest BCUT2D eigenvalue weighted by atomic mass is 10.00. The Hall–Kier alpha value is -2.29. The topological polar surface area (TPSA) is 32.3 Å². The Balaban J connectivity index is 1.83. The van der Waals surface area contributed by atoms with Crippen molar-refractivity contribution in [1.29, 1.82) is 0 Å².